The molecule has 31 heavy (non-hydrogen) atoms. The number of ether oxygens (including phenoxy) is 2. The molecule has 0 saturated carbocycles. The summed E-state index contributed by atoms with van der Waals surface area (Å²) in [5.74, 6) is 0. The first-order chi connectivity index (χ1) is 15.0. The van der Waals surface area contributed by atoms with Crippen LogP contribution in [0.15, 0.2) is 43.0 Å². The summed E-state index contributed by atoms with van der Waals surface area (Å²) in [4.78, 5) is 4.06. The molecule has 0 aliphatic rings. The Hall–Kier alpha value is -1.86. The number of benzene rings is 1. The van der Waals surface area contributed by atoms with Gasteiger partial charge < -0.3 is 14.0 Å². The maximum Gasteiger partial charge on any atom is 0.416 e. The zero-order valence-corrected chi connectivity index (χ0v) is 18.4. The van der Waals surface area contributed by atoms with Crippen molar-refractivity contribution in [3.05, 3.63) is 54.1 Å². The van der Waals surface area contributed by atoms with E-state index in [1.807, 2.05) is 10.8 Å². The molecule has 174 valence electrons. The van der Waals surface area contributed by atoms with Crippen molar-refractivity contribution in [1.29, 1.82) is 0 Å². The van der Waals surface area contributed by atoms with E-state index in [0.29, 0.717) is 25.3 Å². The van der Waals surface area contributed by atoms with Crippen LogP contribution in [0.1, 0.15) is 69.4 Å². The minimum atomic E-state index is -4.32. The van der Waals surface area contributed by atoms with Gasteiger partial charge in [0.15, 0.2) is 0 Å². The Kier molecular flexibility index (Phi) is 11.7. The van der Waals surface area contributed by atoms with Crippen molar-refractivity contribution in [2.45, 2.75) is 83.7 Å². The van der Waals surface area contributed by atoms with E-state index >= 15 is 0 Å². The van der Waals surface area contributed by atoms with Crippen molar-refractivity contribution in [2.24, 2.45) is 0 Å². The molecule has 0 spiro atoms. The fraction of sp³-hybridized carbons (Fsp3) is 0.625. The summed E-state index contributed by atoms with van der Waals surface area (Å²) in [6.45, 7) is 4.16. The fourth-order valence-electron chi connectivity index (χ4n) is 3.37. The van der Waals surface area contributed by atoms with Crippen molar-refractivity contribution in [2.75, 3.05) is 13.2 Å². The minimum Gasteiger partial charge on any atom is -0.374 e. The molecule has 1 aromatic heterocycles. The lowest BCUT2D eigenvalue weighted by Crippen LogP contribution is -2.25. The normalized spacial score (nSPS) is 12.9. The van der Waals surface area contributed by atoms with Crippen LogP contribution in [0.5, 0.6) is 0 Å². The number of hydrogen-bond donors (Lipinski definition) is 0. The largest absolute Gasteiger partial charge is 0.416 e. The molecule has 1 atom stereocenters. The van der Waals surface area contributed by atoms with Crippen LogP contribution in [0.25, 0.3) is 0 Å². The predicted molar refractivity (Wildman–Crippen MR) is 116 cm³/mol. The van der Waals surface area contributed by atoms with E-state index < -0.39 is 11.7 Å². The predicted octanol–water partition coefficient (Wildman–Crippen LogP) is 6.64. The summed E-state index contributed by atoms with van der Waals surface area (Å²) in [6, 6.07) is 5.07. The average molecular weight is 441 g/mol. The van der Waals surface area contributed by atoms with Gasteiger partial charge in [-0.05, 0) is 24.1 Å². The van der Waals surface area contributed by atoms with E-state index in [2.05, 4.69) is 11.9 Å². The topological polar surface area (TPSA) is 36.3 Å². The Balaban J connectivity index is 1.69. The number of aromatic nitrogens is 2. The zero-order chi connectivity index (χ0) is 22.4. The van der Waals surface area contributed by atoms with E-state index in [1.54, 1.807) is 12.5 Å². The molecule has 7 heteroatoms. The third-order valence-corrected chi connectivity index (χ3v) is 5.18. The summed E-state index contributed by atoms with van der Waals surface area (Å²) >= 11 is 0. The summed E-state index contributed by atoms with van der Waals surface area (Å²) < 4.78 is 51.7. The Morgan fingerprint density at radius 2 is 1.65 bits per heavy atom. The van der Waals surface area contributed by atoms with E-state index in [4.69, 9.17) is 9.47 Å². The van der Waals surface area contributed by atoms with Crippen molar-refractivity contribution in [3.8, 4) is 0 Å². The number of unbranched alkanes of at least 4 members (excludes halogenated alkanes) is 7. The molecule has 0 saturated heterocycles. The number of imidazole rings is 1. The molecular formula is C24H35F3N2O2. The summed E-state index contributed by atoms with van der Waals surface area (Å²) in [6.07, 6.45) is 10.8. The number of alkyl halides is 3. The monoisotopic (exact) mass is 440 g/mol. The van der Waals surface area contributed by atoms with Crippen LogP contribution in [0.3, 0.4) is 0 Å². The third-order valence-electron chi connectivity index (χ3n) is 5.18. The van der Waals surface area contributed by atoms with Gasteiger partial charge in [0, 0.05) is 19.0 Å². The van der Waals surface area contributed by atoms with Crippen LogP contribution in [-0.2, 0) is 28.8 Å². The smallest absolute Gasteiger partial charge is 0.374 e. The van der Waals surface area contributed by atoms with E-state index in [-0.39, 0.29) is 12.7 Å². The van der Waals surface area contributed by atoms with Gasteiger partial charge in [-0.3, -0.25) is 0 Å². The molecule has 2 rings (SSSR count). The highest BCUT2D eigenvalue weighted by molar-refractivity contribution is 5.24. The van der Waals surface area contributed by atoms with Gasteiger partial charge in [0.25, 0.3) is 0 Å². The molecular weight excluding hydrogens is 405 g/mol. The molecule has 1 unspecified atom stereocenters. The van der Waals surface area contributed by atoms with E-state index in [0.717, 1.165) is 25.0 Å². The van der Waals surface area contributed by atoms with Gasteiger partial charge in [0.1, 0.15) is 0 Å². The van der Waals surface area contributed by atoms with E-state index in [9.17, 15) is 13.2 Å². The number of halogens is 3. The molecule has 0 aliphatic carbocycles. The van der Waals surface area contributed by atoms with Crippen molar-refractivity contribution < 1.29 is 22.6 Å². The van der Waals surface area contributed by atoms with Gasteiger partial charge >= 0.3 is 6.18 Å². The second-order valence-corrected chi connectivity index (χ2v) is 7.94. The average Bonchev–Trinajstić information content (AvgIpc) is 3.25. The van der Waals surface area contributed by atoms with Gasteiger partial charge in [-0.15, -0.1) is 0 Å². The van der Waals surface area contributed by atoms with Crippen molar-refractivity contribution in [1.82, 2.24) is 9.55 Å². The summed E-state index contributed by atoms with van der Waals surface area (Å²) in [5.41, 5.74) is 0.0559. The molecule has 1 aromatic carbocycles. The Labute approximate surface area is 183 Å². The van der Waals surface area contributed by atoms with Crippen LogP contribution in [0.4, 0.5) is 13.2 Å². The maximum absolute atomic E-state index is 12.7. The lowest BCUT2D eigenvalue weighted by molar-refractivity contribution is -0.137. The first-order valence-electron chi connectivity index (χ1n) is 11.3. The lowest BCUT2D eigenvalue weighted by atomic mass is 10.1. The van der Waals surface area contributed by atoms with Crippen molar-refractivity contribution >= 4 is 0 Å². The second kappa shape index (κ2) is 14.2. The molecule has 0 fully saturated rings. The summed E-state index contributed by atoms with van der Waals surface area (Å²) in [5, 5.41) is 0. The highest BCUT2D eigenvalue weighted by Crippen LogP contribution is 2.29. The van der Waals surface area contributed by atoms with Gasteiger partial charge in [-0.2, -0.15) is 13.2 Å². The fourth-order valence-corrected chi connectivity index (χ4v) is 3.37. The first-order valence-corrected chi connectivity index (χ1v) is 11.3. The molecule has 0 bridgehead atoms. The number of rotatable bonds is 16. The van der Waals surface area contributed by atoms with Gasteiger partial charge in [0.2, 0.25) is 0 Å². The molecule has 0 aliphatic heterocycles. The SMILES string of the molecule is CCCCCCCCCCOC(COCc1ccc(C(F)(F)F)cc1)Cn1ccnc1. The van der Waals surface area contributed by atoms with Gasteiger partial charge in [-0.25, -0.2) is 4.98 Å². The maximum atomic E-state index is 12.7. The number of nitrogens with zero attached hydrogens (tertiary/aromatic N) is 2. The number of hydrogen-bond acceptors (Lipinski definition) is 3. The second-order valence-electron chi connectivity index (χ2n) is 7.94. The highest BCUT2D eigenvalue weighted by atomic mass is 19.4. The summed E-state index contributed by atoms with van der Waals surface area (Å²) in [7, 11) is 0. The van der Waals surface area contributed by atoms with Crippen molar-refractivity contribution in [3.63, 3.8) is 0 Å². The first kappa shape index (κ1) is 25.4. The molecule has 1 heterocycles. The van der Waals surface area contributed by atoms with Crippen LogP contribution in [0.2, 0.25) is 0 Å². The Morgan fingerprint density at radius 3 is 2.26 bits per heavy atom. The van der Waals surface area contributed by atoms with Crippen LogP contribution in [-0.4, -0.2) is 28.9 Å². The molecule has 0 N–H and O–H groups in total. The Bertz CT molecular complexity index is 688. The molecule has 4 nitrogen and oxygen atoms in total. The van der Waals surface area contributed by atoms with E-state index in [1.165, 1.54) is 50.7 Å². The standard InChI is InChI=1S/C24H35F3N2O2/c1-2-3-4-5-6-7-8-9-16-31-23(17-29-15-14-28-20-29)19-30-18-21-10-12-22(13-11-21)24(25,26)27/h10-15,20,23H,2-9,16-19H2,1H3. The lowest BCUT2D eigenvalue weighted by Gasteiger charge is -2.19. The quantitative estimate of drug-likeness (QED) is 0.274. The third kappa shape index (κ3) is 10.8. The highest BCUT2D eigenvalue weighted by Gasteiger charge is 2.29. The molecule has 0 amide bonds. The molecule has 2 aromatic rings. The van der Waals surface area contributed by atoms with Crippen LogP contribution < -0.4 is 0 Å². The molecule has 0 radical (unpaired) electrons. The van der Waals surface area contributed by atoms with Crippen LogP contribution in [0, 0.1) is 0 Å². The van der Waals surface area contributed by atoms with Gasteiger partial charge in [0.05, 0.1) is 37.8 Å². The van der Waals surface area contributed by atoms with Gasteiger partial charge in [-0.1, -0.05) is 64.0 Å². The zero-order valence-electron chi connectivity index (χ0n) is 18.4. The minimum absolute atomic E-state index is 0.131. The van der Waals surface area contributed by atoms with Crippen LogP contribution >= 0.6 is 0 Å². The Morgan fingerprint density at radius 1 is 0.968 bits per heavy atom.